The zero-order valence-electron chi connectivity index (χ0n) is 27.4. The molecule has 12 nitrogen and oxygen atoms in total. The number of nitrogen functional groups attached to an aromatic ring is 1. The number of likely N-dealkylation sites (tertiary alicyclic amines) is 1. The van der Waals surface area contributed by atoms with E-state index < -0.39 is 35.4 Å². The molecule has 0 spiro atoms. The van der Waals surface area contributed by atoms with Gasteiger partial charge >= 0.3 is 0 Å². The molecular weight excluding hydrogens is 622 g/mol. The minimum absolute atomic E-state index is 0.00184. The molecule has 3 amide bonds. The highest BCUT2D eigenvalue weighted by molar-refractivity contribution is 7.13. The number of aromatic nitrogens is 1. The molecule has 2 aromatic carbocycles. The minimum Gasteiger partial charge on any atom is -0.491 e. The zero-order chi connectivity index (χ0) is 34.0. The molecule has 0 saturated carbocycles. The Kier molecular flexibility index (Phi) is 12.7. The molecule has 254 valence electrons. The maximum atomic E-state index is 13.8. The summed E-state index contributed by atoms with van der Waals surface area (Å²) in [5, 5.41) is 16.1. The number of hydrogen-bond donors (Lipinski definition) is 4. The van der Waals surface area contributed by atoms with Gasteiger partial charge in [0.25, 0.3) is 0 Å². The predicted molar refractivity (Wildman–Crippen MR) is 180 cm³/mol. The number of nitrogens with two attached hydrogens (primary N) is 1. The summed E-state index contributed by atoms with van der Waals surface area (Å²) < 4.78 is 16.5. The first-order valence-corrected chi connectivity index (χ1v) is 16.5. The number of carbonyl (C=O) groups is 3. The van der Waals surface area contributed by atoms with Crippen molar-refractivity contribution in [2.45, 2.75) is 58.8 Å². The van der Waals surface area contributed by atoms with Crippen molar-refractivity contribution in [1.29, 1.82) is 0 Å². The van der Waals surface area contributed by atoms with Gasteiger partial charge in [0.2, 0.25) is 17.7 Å². The number of ether oxygens (including phenoxy) is 3. The van der Waals surface area contributed by atoms with E-state index in [1.165, 1.54) is 4.90 Å². The van der Waals surface area contributed by atoms with Gasteiger partial charge in [-0.25, -0.2) is 4.98 Å². The molecule has 3 atom stereocenters. The monoisotopic (exact) mass is 667 g/mol. The van der Waals surface area contributed by atoms with Gasteiger partial charge < -0.3 is 40.6 Å². The van der Waals surface area contributed by atoms with Crippen molar-refractivity contribution in [1.82, 2.24) is 20.5 Å². The molecule has 13 heteroatoms. The summed E-state index contributed by atoms with van der Waals surface area (Å²) in [4.78, 5) is 46.6. The highest BCUT2D eigenvalue weighted by atomic mass is 32.1. The third kappa shape index (κ3) is 10.5. The number of amides is 3. The smallest absolute Gasteiger partial charge is 0.246 e. The Morgan fingerprint density at radius 2 is 1.72 bits per heavy atom. The van der Waals surface area contributed by atoms with Crippen LogP contribution in [0.5, 0.6) is 5.75 Å². The zero-order valence-corrected chi connectivity index (χ0v) is 28.2. The predicted octanol–water partition coefficient (Wildman–Crippen LogP) is 2.92. The summed E-state index contributed by atoms with van der Waals surface area (Å²) in [5.74, 6) is -0.573. The lowest BCUT2D eigenvalue weighted by atomic mass is 9.85. The highest BCUT2D eigenvalue weighted by Gasteiger charge is 2.44. The molecule has 1 aromatic heterocycles. The summed E-state index contributed by atoms with van der Waals surface area (Å²) in [6.45, 7) is 8.59. The van der Waals surface area contributed by atoms with E-state index in [0.717, 1.165) is 21.7 Å². The number of nitrogens with one attached hydrogen (secondary N) is 2. The molecule has 3 aromatic rings. The molecule has 2 heterocycles. The van der Waals surface area contributed by atoms with E-state index in [2.05, 4.69) is 15.6 Å². The van der Waals surface area contributed by atoms with Crippen molar-refractivity contribution in [3.05, 3.63) is 65.3 Å². The number of anilines is 1. The third-order valence-electron chi connectivity index (χ3n) is 7.69. The van der Waals surface area contributed by atoms with E-state index >= 15 is 0 Å². The highest BCUT2D eigenvalue weighted by Crippen LogP contribution is 2.28. The van der Waals surface area contributed by atoms with Gasteiger partial charge in [0.05, 0.1) is 42.0 Å². The molecule has 1 aliphatic heterocycles. The van der Waals surface area contributed by atoms with Crippen LogP contribution < -0.4 is 21.1 Å². The molecule has 0 aliphatic carbocycles. The van der Waals surface area contributed by atoms with Gasteiger partial charge in [0, 0.05) is 25.2 Å². The number of aliphatic hydroxyl groups is 1. The maximum Gasteiger partial charge on any atom is 0.246 e. The van der Waals surface area contributed by atoms with E-state index in [0.29, 0.717) is 24.7 Å². The summed E-state index contributed by atoms with van der Waals surface area (Å²) in [7, 11) is 0. The number of aryl methyl sites for hydroxylation is 1. The fraction of sp³-hybridized carbons (Fsp3) is 0.471. The van der Waals surface area contributed by atoms with Crippen LogP contribution in [0.4, 0.5) is 5.69 Å². The third-order valence-corrected chi connectivity index (χ3v) is 8.67. The number of carbonyl (C=O) groups excluding carboxylic acids is 3. The average molecular weight is 668 g/mol. The van der Waals surface area contributed by atoms with Crippen LogP contribution in [0.25, 0.3) is 10.4 Å². The summed E-state index contributed by atoms with van der Waals surface area (Å²) in [6, 6.07) is 13.1. The van der Waals surface area contributed by atoms with Gasteiger partial charge in [-0.1, -0.05) is 45.0 Å². The van der Waals surface area contributed by atoms with Gasteiger partial charge in [-0.3, -0.25) is 14.4 Å². The number of hydrogen-bond acceptors (Lipinski definition) is 10. The van der Waals surface area contributed by atoms with Crippen LogP contribution in [0.1, 0.15) is 38.4 Å². The van der Waals surface area contributed by atoms with E-state index in [1.54, 1.807) is 35.6 Å². The van der Waals surface area contributed by atoms with Gasteiger partial charge in [0.1, 0.15) is 31.0 Å². The Bertz CT molecular complexity index is 1470. The van der Waals surface area contributed by atoms with Crippen molar-refractivity contribution < 1.29 is 33.7 Å². The number of thiazole rings is 1. The first-order chi connectivity index (χ1) is 22.4. The van der Waals surface area contributed by atoms with E-state index in [1.807, 2.05) is 57.5 Å². The normalized spacial score (nSPS) is 16.9. The largest absolute Gasteiger partial charge is 0.491 e. The molecule has 4 rings (SSSR count). The van der Waals surface area contributed by atoms with Crippen LogP contribution in [0.15, 0.2) is 54.0 Å². The Balaban J connectivity index is 1.22. The van der Waals surface area contributed by atoms with E-state index in [-0.39, 0.29) is 45.2 Å². The summed E-state index contributed by atoms with van der Waals surface area (Å²) >= 11 is 1.57. The van der Waals surface area contributed by atoms with Crippen LogP contribution in [-0.2, 0) is 30.4 Å². The van der Waals surface area contributed by atoms with Crippen LogP contribution in [0.2, 0.25) is 0 Å². The first kappa shape index (κ1) is 35.8. The van der Waals surface area contributed by atoms with Gasteiger partial charge in [-0.15, -0.1) is 11.3 Å². The van der Waals surface area contributed by atoms with Crippen LogP contribution in [0, 0.1) is 12.3 Å². The first-order valence-electron chi connectivity index (χ1n) is 15.6. The second kappa shape index (κ2) is 16.7. The second-order valence-corrected chi connectivity index (χ2v) is 13.4. The van der Waals surface area contributed by atoms with Gasteiger partial charge in [-0.2, -0.15) is 0 Å². The van der Waals surface area contributed by atoms with Crippen molar-refractivity contribution in [3.63, 3.8) is 0 Å². The lowest BCUT2D eigenvalue weighted by Crippen LogP contribution is -2.58. The number of aliphatic hydroxyl groups excluding tert-OH is 1. The van der Waals surface area contributed by atoms with Crippen LogP contribution in [0.3, 0.4) is 0 Å². The molecule has 0 bridgehead atoms. The average Bonchev–Trinajstić information content (AvgIpc) is 3.65. The lowest BCUT2D eigenvalue weighted by molar-refractivity contribution is -0.144. The van der Waals surface area contributed by atoms with Crippen LogP contribution in [-0.4, -0.2) is 90.5 Å². The molecule has 0 radical (unpaired) electrons. The molecular formula is C34H45N5O7S. The molecule has 5 N–H and O–H groups in total. The van der Waals surface area contributed by atoms with E-state index in [4.69, 9.17) is 19.9 Å². The summed E-state index contributed by atoms with van der Waals surface area (Å²) in [6.07, 6.45) is -0.742. The topological polar surface area (TPSA) is 165 Å². The molecule has 47 heavy (non-hydrogen) atoms. The molecule has 0 unspecified atom stereocenters. The fourth-order valence-corrected chi connectivity index (χ4v) is 5.96. The van der Waals surface area contributed by atoms with Crippen molar-refractivity contribution >= 4 is 34.7 Å². The van der Waals surface area contributed by atoms with Crippen molar-refractivity contribution in [2.24, 2.45) is 5.41 Å². The standard InChI is InChI=1S/C34H45N5O7S/c1-22-30(47-21-37-22)24-7-5-23(6-8-24)18-36-32(42)28-17-26(40)19-39(28)33(43)31(34(2,3)4)38-29(41)20-45-14-13-44-15-16-46-27-11-9-25(35)10-12-27/h5-12,21,26,28,31,40H,13-20,35H2,1-4H3,(H,36,42)(H,38,41)/t26-,28+,31-/m1/s1. The minimum atomic E-state index is -0.941. The number of rotatable bonds is 15. The second-order valence-electron chi connectivity index (χ2n) is 12.5. The fourth-order valence-electron chi connectivity index (χ4n) is 5.15. The Morgan fingerprint density at radius 1 is 1.04 bits per heavy atom. The van der Waals surface area contributed by atoms with Gasteiger partial charge in [0.15, 0.2) is 0 Å². The molecule has 1 fully saturated rings. The molecule has 1 saturated heterocycles. The quantitative estimate of drug-likeness (QED) is 0.141. The molecule has 1 aliphatic rings. The lowest BCUT2D eigenvalue weighted by Gasteiger charge is -2.35. The maximum absolute atomic E-state index is 13.8. The van der Waals surface area contributed by atoms with Crippen molar-refractivity contribution in [2.75, 3.05) is 45.3 Å². The Hall–Kier alpha value is -4.04. The number of benzene rings is 2. The van der Waals surface area contributed by atoms with Crippen LogP contribution >= 0.6 is 11.3 Å². The Labute approximate surface area is 279 Å². The summed E-state index contributed by atoms with van der Waals surface area (Å²) in [5.41, 5.74) is 10.4. The van der Waals surface area contributed by atoms with Crippen molar-refractivity contribution in [3.8, 4) is 16.2 Å². The number of nitrogens with zero attached hydrogens (tertiary/aromatic N) is 2. The van der Waals surface area contributed by atoms with Gasteiger partial charge in [-0.05, 0) is 47.7 Å². The van der Waals surface area contributed by atoms with E-state index in [9.17, 15) is 19.5 Å². The number of β-amino-alcohol motifs (C(OH)–C–C–N with tert-alkyl or cyclic N) is 1. The SMILES string of the molecule is Cc1ncsc1-c1ccc(CNC(=O)[C@@H]2C[C@@H](O)CN2C(=O)[C@@H](NC(=O)COCCOCCOc2ccc(N)cc2)C(C)(C)C)cc1. The Morgan fingerprint density at radius 3 is 2.38 bits per heavy atom.